The van der Waals surface area contributed by atoms with Gasteiger partial charge in [-0.25, -0.2) is 9.78 Å². The number of amides is 3. The lowest BCUT2D eigenvalue weighted by Gasteiger charge is -2.34. The summed E-state index contributed by atoms with van der Waals surface area (Å²) >= 11 is 0. The number of carbonyl (C=O) groups excluding carboxylic acids is 2. The van der Waals surface area contributed by atoms with E-state index in [1.54, 1.807) is 36.5 Å². The number of piperazine rings is 1. The Bertz CT molecular complexity index is 997. The zero-order chi connectivity index (χ0) is 20.9. The van der Waals surface area contributed by atoms with Crippen LogP contribution < -0.4 is 25.0 Å². The first-order valence-electron chi connectivity index (χ1n) is 9.44. The number of benzene rings is 1. The lowest BCUT2D eigenvalue weighted by molar-refractivity contribution is -0.121. The van der Waals surface area contributed by atoms with E-state index >= 15 is 0 Å². The molecular formula is C20H20N6O4. The molecule has 10 nitrogen and oxygen atoms in total. The predicted molar refractivity (Wildman–Crippen MR) is 107 cm³/mol. The van der Waals surface area contributed by atoms with E-state index in [4.69, 9.17) is 14.7 Å². The summed E-state index contributed by atoms with van der Waals surface area (Å²) in [5.41, 5.74) is 1.07. The molecule has 0 unspecified atom stereocenters. The Morgan fingerprint density at radius 3 is 2.70 bits per heavy atom. The number of ether oxygens (including phenoxy) is 2. The number of rotatable bonds is 4. The number of carbonyl (C=O) groups is 2. The summed E-state index contributed by atoms with van der Waals surface area (Å²) in [4.78, 5) is 32.6. The lowest BCUT2D eigenvalue weighted by Crippen LogP contribution is -2.50. The summed E-state index contributed by atoms with van der Waals surface area (Å²) in [6.07, 6.45) is 1.62. The number of nitriles is 1. The quantitative estimate of drug-likeness (QED) is 0.773. The molecule has 10 heteroatoms. The van der Waals surface area contributed by atoms with Gasteiger partial charge in [-0.1, -0.05) is 0 Å². The first kappa shape index (κ1) is 19.5. The number of imide groups is 1. The van der Waals surface area contributed by atoms with Crippen molar-refractivity contribution in [3.63, 3.8) is 0 Å². The minimum atomic E-state index is -0.602. The second-order valence-electron chi connectivity index (χ2n) is 6.85. The minimum Gasteiger partial charge on any atom is -0.454 e. The number of nitrogens with zero attached hydrogens (tertiary/aromatic N) is 4. The number of aromatic nitrogens is 1. The van der Waals surface area contributed by atoms with Crippen molar-refractivity contribution < 1.29 is 19.1 Å². The Kier molecular flexibility index (Phi) is 5.63. The summed E-state index contributed by atoms with van der Waals surface area (Å²) in [6, 6.07) is 9.93. The first-order valence-corrected chi connectivity index (χ1v) is 9.44. The first-order chi connectivity index (χ1) is 14.6. The Morgan fingerprint density at radius 1 is 1.10 bits per heavy atom. The van der Waals surface area contributed by atoms with E-state index in [1.165, 1.54) is 0 Å². The van der Waals surface area contributed by atoms with Crippen LogP contribution in [0.2, 0.25) is 0 Å². The van der Waals surface area contributed by atoms with Crippen molar-refractivity contribution in [1.82, 2.24) is 15.2 Å². The van der Waals surface area contributed by atoms with Crippen LogP contribution in [-0.2, 0) is 4.79 Å². The van der Waals surface area contributed by atoms with Crippen molar-refractivity contribution in [2.45, 2.75) is 0 Å². The van der Waals surface area contributed by atoms with Gasteiger partial charge in [0.2, 0.25) is 12.7 Å². The van der Waals surface area contributed by atoms with Crippen LogP contribution in [0.25, 0.3) is 0 Å². The maximum absolute atomic E-state index is 12.2. The third kappa shape index (κ3) is 4.59. The molecule has 3 heterocycles. The number of hydrogen-bond acceptors (Lipinski definition) is 8. The zero-order valence-corrected chi connectivity index (χ0v) is 16.1. The molecule has 0 bridgehead atoms. The topological polar surface area (TPSA) is 120 Å². The number of pyridine rings is 1. The average molecular weight is 408 g/mol. The molecule has 154 valence electrons. The lowest BCUT2D eigenvalue weighted by atomic mass is 10.2. The van der Waals surface area contributed by atoms with Gasteiger partial charge in [-0.3, -0.25) is 15.0 Å². The molecule has 2 aromatic rings. The molecule has 4 rings (SSSR count). The van der Waals surface area contributed by atoms with Gasteiger partial charge in [-0.15, -0.1) is 0 Å². The van der Waals surface area contributed by atoms with Crippen LogP contribution in [0.15, 0.2) is 36.5 Å². The molecule has 0 aliphatic carbocycles. The normalized spacial score (nSPS) is 15.4. The van der Waals surface area contributed by atoms with Crippen molar-refractivity contribution in [2.24, 2.45) is 0 Å². The van der Waals surface area contributed by atoms with Crippen LogP contribution in [0.4, 0.5) is 16.3 Å². The molecule has 30 heavy (non-hydrogen) atoms. The molecule has 0 saturated carbocycles. The summed E-state index contributed by atoms with van der Waals surface area (Å²) < 4.78 is 10.5. The largest absolute Gasteiger partial charge is 0.454 e. The maximum Gasteiger partial charge on any atom is 0.325 e. The standard InChI is InChI=1S/C20H20N6O4/c21-11-14-3-4-22-18(9-14)26-7-5-25(6-8-26)12-19(27)24-20(28)23-15-1-2-16-17(10-15)30-13-29-16/h1-4,9-10H,5-8,12-13H2,(H2,23,24,27,28). The Hall–Kier alpha value is -3.84. The number of nitrogens with one attached hydrogen (secondary N) is 2. The van der Waals surface area contributed by atoms with Crippen LogP contribution in [-0.4, -0.2) is 61.3 Å². The number of fused-ring (bicyclic) bond motifs is 1. The fraction of sp³-hybridized carbons (Fsp3) is 0.300. The third-order valence-corrected chi connectivity index (χ3v) is 4.82. The summed E-state index contributed by atoms with van der Waals surface area (Å²) in [5, 5.41) is 14.0. The number of anilines is 2. The zero-order valence-electron chi connectivity index (χ0n) is 16.1. The predicted octanol–water partition coefficient (Wildman–Crippen LogP) is 1.15. The Labute approximate surface area is 173 Å². The molecule has 1 fully saturated rings. The second-order valence-corrected chi connectivity index (χ2v) is 6.85. The van der Waals surface area contributed by atoms with Gasteiger partial charge in [0.05, 0.1) is 18.2 Å². The van der Waals surface area contributed by atoms with Gasteiger partial charge in [0.1, 0.15) is 5.82 Å². The fourth-order valence-electron chi connectivity index (χ4n) is 3.30. The highest BCUT2D eigenvalue weighted by Crippen LogP contribution is 2.34. The van der Waals surface area contributed by atoms with Gasteiger partial charge < -0.3 is 19.7 Å². The van der Waals surface area contributed by atoms with E-state index in [-0.39, 0.29) is 19.2 Å². The van der Waals surface area contributed by atoms with Crippen LogP contribution in [0, 0.1) is 11.3 Å². The van der Waals surface area contributed by atoms with E-state index in [0.717, 1.165) is 5.82 Å². The van der Waals surface area contributed by atoms with Gasteiger partial charge in [0, 0.05) is 44.1 Å². The van der Waals surface area contributed by atoms with Gasteiger partial charge in [-0.05, 0) is 24.3 Å². The SMILES string of the molecule is N#Cc1ccnc(N2CCN(CC(=O)NC(=O)Nc3ccc4c(c3)OCO4)CC2)c1. The molecule has 3 amide bonds. The highest BCUT2D eigenvalue weighted by atomic mass is 16.7. The Morgan fingerprint density at radius 2 is 1.90 bits per heavy atom. The van der Waals surface area contributed by atoms with Gasteiger partial charge in [-0.2, -0.15) is 5.26 Å². The van der Waals surface area contributed by atoms with Crippen molar-refractivity contribution in [1.29, 1.82) is 5.26 Å². The molecule has 0 atom stereocenters. The van der Waals surface area contributed by atoms with Gasteiger partial charge >= 0.3 is 6.03 Å². The van der Waals surface area contributed by atoms with Crippen molar-refractivity contribution >= 4 is 23.4 Å². The molecular weight excluding hydrogens is 388 g/mol. The summed E-state index contributed by atoms with van der Waals surface area (Å²) in [7, 11) is 0. The summed E-state index contributed by atoms with van der Waals surface area (Å²) in [6.45, 7) is 2.92. The van der Waals surface area contributed by atoms with Gasteiger partial charge in [0.25, 0.3) is 0 Å². The number of urea groups is 1. The molecule has 1 aromatic carbocycles. The van der Waals surface area contributed by atoms with Crippen LogP contribution in [0.5, 0.6) is 11.5 Å². The molecule has 2 N–H and O–H groups in total. The highest BCUT2D eigenvalue weighted by Gasteiger charge is 2.21. The Balaban J connectivity index is 1.23. The maximum atomic E-state index is 12.2. The van der Waals surface area contributed by atoms with Crippen molar-refractivity contribution in [3.05, 3.63) is 42.1 Å². The molecule has 2 aliphatic heterocycles. The highest BCUT2D eigenvalue weighted by molar-refractivity contribution is 6.01. The number of hydrogen-bond donors (Lipinski definition) is 2. The second kappa shape index (κ2) is 8.67. The van der Waals surface area contributed by atoms with Crippen LogP contribution in [0.1, 0.15) is 5.56 Å². The molecule has 1 aromatic heterocycles. The van der Waals surface area contributed by atoms with E-state index in [0.29, 0.717) is 48.9 Å². The summed E-state index contributed by atoms with van der Waals surface area (Å²) in [5.74, 6) is 1.53. The van der Waals surface area contributed by atoms with Crippen molar-refractivity contribution in [2.75, 3.05) is 49.7 Å². The molecule has 0 spiro atoms. The van der Waals surface area contributed by atoms with E-state index in [2.05, 4.69) is 26.6 Å². The van der Waals surface area contributed by atoms with Gasteiger partial charge in [0.15, 0.2) is 11.5 Å². The van der Waals surface area contributed by atoms with Crippen molar-refractivity contribution in [3.8, 4) is 17.6 Å². The van der Waals surface area contributed by atoms with E-state index < -0.39 is 6.03 Å². The monoisotopic (exact) mass is 408 g/mol. The van der Waals surface area contributed by atoms with Crippen LogP contribution in [0.3, 0.4) is 0 Å². The minimum absolute atomic E-state index is 0.119. The van der Waals surface area contributed by atoms with Crippen LogP contribution >= 0.6 is 0 Å². The molecule has 0 radical (unpaired) electrons. The smallest absolute Gasteiger partial charge is 0.325 e. The fourth-order valence-corrected chi connectivity index (χ4v) is 3.30. The third-order valence-electron chi connectivity index (χ3n) is 4.82. The average Bonchev–Trinajstić information content (AvgIpc) is 3.22. The molecule has 2 aliphatic rings. The molecule has 1 saturated heterocycles. The van der Waals surface area contributed by atoms with E-state index in [9.17, 15) is 9.59 Å². The van der Waals surface area contributed by atoms with E-state index in [1.807, 2.05) is 4.90 Å².